The molecule has 7 rings (SSSR count). The third-order valence-corrected chi connectivity index (χ3v) is 23.4. The zero-order valence-electron chi connectivity index (χ0n) is 23.4. The second-order valence-corrected chi connectivity index (χ2v) is 27.0. The summed E-state index contributed by atoms with van der Waals surface area (Å²) in [5.41, 5.74) is 13.3. The van der Waals surface area contributed by atoms with E-state index in [2.05, 4.69) is 129 Å². The number of allylic oxidation sites excluding steroid dienone is 1. The molecule has 5 aromatic carbocycles. The summed E-state index contributed by atoms with van der Waals surface area (Å²) in [5, 5.41) is 2.99. The number of rotatable bonds is 6. The van der Waals surface area contributed by atoms with Crippen molar-refractivity contribution in [2.45, 2.75) is 30.3 Å². The fourth-order valence-electron chi connectivity index (χ4n) is 7.09. The van der Waals surface area contributed by atoms with E-state index in [0.717, 1.165) is 12.8 Å². The summed E-state index contributed by atoms with van der Waals surface area (Å²) in [6.45, 7) is 4.51. The van der Waals surface area contributed by atoms with Gasteiger partial charge in [-0.25, -0.2) is 0 Å². The molecule has 41 heavy (non-hydrogen) atoms. The van der Waals surface area contributed by atoms with Gasteiger partial charge in [0, 0.05) is 0 Å². The second-order valence-electron chi connectivity index (χ2n) is 11.2. The standard InChI is InChI=1S/C25H23.C12H9Si.2ClH.Zr/c1-3-18-16-21-14-15-23(20-11-6-5-7-12-20)25(24(21)17-18)22-13-9-8-10-19(22)4-2;1-3-7-11-9(5-1)10-6-2-4-8-12(10)13-11;;;/h5-17H,3-4H2,1-2H3;1-7H,13H2;2*1H;/q;;;;+2/p-2. The molecule has 2 aliphatic rings. The molecule has 4 heteroatoms. The number of aryl methyl sites for hydroxylation is 1. The van der Waals surface area contributed by atoms with Gasteiger partial charge in [0.1, 0.15) is 0 Å². The van der Waals surface area contributed by atoms with Gasteiger partial charge in [0.05, 0.1) is 0 Å². The molecule has 0 bridgehead atoms. The summed E-state index contributed by atoms with van der Waals surface area (Å²) in [6, 6.07) is 40.0. The molecule has 5 aromatic rings. The van der Waals surface area contributed by atoms with Gasteiger partial charge in [0.25, 0.3) is 0 Å². The number of hydrogen-bond acceptors (Lipinski definition) is 0. The van der Waals surface area contributed by atoms with Crippen LogP contribution < -0.4 is 13.6 Å². The molecule has 1 heterocycles. The van der Waals surface area contributed by atoms with E-state index in [1.54, 1.807) is 0 Å². The van der Waals surface area contributed by atoms with Gasteiger partial charge in [-0.1, -0.05) is 0 Å². The van der Waals surface area contributed by atoms with Crippen LogP contribution in [0.5, 0.6) is 0 Å². The Hall–Kier alpha value is -2.48. The van der Waals surface area contributed by atoms with Crippen LogP contribution in [0, 0.1) is 0 Å². The molecule has 202 valence electrons. The average Bonchev–Trinajstić information content (AvgIpc) is 3.60. The van der Waals surface area contributed by atoms with Crippen LogP contribution in [0.3, 0.4) is 0 Å². The van der Waals surface area contributed by atoms with E-state index in [9.17, 15) is 0 Å². The Balaban J connectivity index is 1.44. The molecule has 0 saturated heterocycles. The summed E-state index contributed by atoms with van der Waals surface area (Å²) in [7, 11) is 15.1. The van der Waals surface area contributed by atoms with Gasteiger partial charge in [-0.05, 0) is 0 Å². The predicted octanol–water partition coefficient (Wildman–Crippen LogP) is 8.32. The van der Waals surface area contributed by atoms with Crippen molar-refractivity contribution in [3.05, 3.63) is 131 Å². The first kappa shape index (κ1) is 27.4. The van der Waals surface area contributed by atoms with E-state index in [0.29, 0.717) is 0 Å². The Morgan fingerprint density at radius 2 is 1.37 bits per heavy atom. The third kappa shape index (κ3) is 4.50. The maximum absolute atomic E-state index is 7.87. The van der Waals surface area contributed by atoms with Crippen LogP contribution in [0.25, 0.3) is 39.5 Å². The van der Waals surface area contributed by atoms with Crippen molar-refractivity contribution in [3.63, 3.8) is 0 Å². The minimum atomic E-state index is -4.00. The van der Waals surface area contributed by atoms with E-state index < -0.39 is 27.4 Å². The van der Waals surface area contributed by atoms with Crippen molar-refractivity contribution >= 4 is 46.3 Å². The van der Waals surface area contributed by atoms with Crippen LogP contribution >= 0.6 is 17.0 Å². The van der Waals surface area contributed by atoms with Gasteiger partial charge in [-0.2, -0.15) is 0 Å². The van der Waals surface area contributed by atoms with Gasteiger partial charge in [-0.15, -0.1) is 0 Å². The Morgan fingerprint density at radius 3 is 2.15 bits per heavy atom. The molecule has 1 aliphatic carbocycles. The average molecular weight is 667 g/mol. The molecular weight excluding hydrogens is 635 g/mol. The number of halogens is 2. The van der Waals surface area contributed by atoms with Crippen LogP contribution in [0.4, 0.5) is 0 Å². The fraction of sp³-hybridized carbons (Fsp3) is 0.135. The molecule has 0 fully saturated rings. The first-order chi connectivity index (χ1) is 20.0. The van der Waals surface area contributed by atoms with Crippen LogP contribution in [0.1, 0.15) is 40.6 Å². The van der Waals surface area contributed by atoms with Gasteiger partial charge in [-0.3, -0.25) is 0 Å². The van der Waals surface area contributed by atoms with Crippen LogP contribution in [-0.4, -0.2) is 9.52 Å². The normalized spacial score (nSPS) is 15.9. The zero-order valence-corrected chi connectivity index (χ0v) is 28.8. The van der Waals surface area contributed by atoms with Crippen molar-refractivity contribution in [1.29, 1.82) is 0 Å². The zero-order chi connectivity index (χ0) is 28.1. The van der Waals surface area contributed by atoms with Crippen LogP contribution in [0.2, 0.25) is 0 Å². The predicted molar refractivity (Wildman–Crippen MR) is 179 cm³/mol. The Kier molecular flexibility index (Phi) is 7.32. The first-order valence-electron chi connectivity index (χ1n) is 14.6. The summed E-state index contributed by atoms with van der Waals surface area (Å²) >= 11 is -4.00. The number of fused-ring (bicyclic) bond motifs is 4. The Labute approximate surface area is 257 Å². The fourth-order valence-corrected chi connectivity index (χ4v) is 24.1. The minimum absolute atomic E-state index is 0.0919. The Morgan fingerprint density at radius 1 is 0.659 bits per heavy atom. The number of benzene rings is 5. The van der Waals surface area contributed by atoms with Crippen molar-refractivity contribution in [3.8, 4) is 33.4 Å². The molecular formula is C37H32Cl2SiZr. The topological polar surface area (TPSA) is 0 Å². The van der Waals surface area contributed by atoms with Crippen LogP contribution in [-0.2, 0) is 24.3 Å². The summed E-state index contributed by atoms with van der Waals surface area (Å²) in [5.74, 6) is 0. The van der Waals surface area contributed by atoms with Crippen molar-refractivity contribution < 1.29 is 17.9 Å². The summed E-state index contributed by atoms with van der Waals surface area (Å²) in [6.07, 6.45) is 4.37. The molecule has 0 nitrogen and oxygen atoms in total. The van der Waals surface area contributed by atoms with Gasteiger partial charge < -0.3 is 0 Å². The SMILES string of the molecule is CCC1=Cc2c(ccc(-c3ccccc3)c2-c2ccccc2CC)[CH]1[Zr]([Cl])([Cl])[c]1cccc2c1[SiH2]c1ccccc1-2. The van der Waals surface area contributed by atoms with Crippen molar-refractivity contribution in [1.82, 2.24) is 0 Å². The van der Waals surface area contributed by atoms with E-state index in [4.69, 9.17) is 17.0 Å². The van der Waals surface area contributed by atoms with E-state index >= 15 is 0 Å². The molecule has 0 aromatic heterocycles. The molecule has 0 N–H and O–H groups in total. The molecule has 0 spiro atoms. The molecule has 0 radical (unpaired) electrons. The quantitative estimate of drug-likeness (QED) is 0.157. The van der Waals surface area contributed by atoms with Crippen molar-refractivity contribution in [2.75, 3.05) is 0 Å². The van der Waals surface area contributed by atoms with Crippen LogP contribution in [0.15, 0.2) is 115 Å². The first-order valence-corrected chi connectivity index (χ1v) is 25.0. The Bertz CT molecular complexity index is 1820. The third-order valence-electron chi connectivity index (χ3n) is 9.02. The molecule has 0 saturated carbocycles. The van der Waals surface area contributed by atoms with Gasteiger partial charge in [0.2, 0.25) is 0 Å². The maximum atomic E-state index is 7.87. The van der Waals surface area contributed by atoms with E-state index in [1.165, 1.54) is 69.3 Å². The monoisotopic (exact) mass is 664 g/mol. The summed E-state index contributed by atoms with van der Waals surface area (Å²) < 4.78 is 1.39. The summed E-state index contributed by atoms with van der Waals surface area (Å²) in [4.78, 5) is 0. The van der Waals surface area contributed by atoms with E-state index in [1.807, 2.05) is 0 Å². The van der Waals surface area contributed by atoms with E-state index in [-0.39, 0.29) is 3.63 Å². The van der Waals surface area contributed by atoms with Crippen molar-refractivity contribution in [2.24, 2.45) is 0 Å². The molecule has 1 atom stereocenters. The second kappa shape index (κ2) is 11.0. The van der Waals surface area contributed by atoms with Gasteiger partial charge in [0.15, 0.2) is 0 Å². The molecule has 0 amide bonds. The van der Waals surface area contributed by atoms with Gasteiger partial charge >= 0.3 is 259 Å². The number of hydrogen-bond donors (Lipinski definition) is 0. The molecule has 1 aliphatic heterocycles. The molecule has 1 unspecified atom stereocenters.